The van der Waals surface area contributed by atoms with Gasteiger partial charge in [0.05, 0.1) is 0 Å². The molecule has 3 nitrogen and oxygen atoms in total. The van der Waals surface area contributed by atoms with E-state index < -0.39 is 0 Å². The smallest absolute Gasteiger partial charge is 0.251 e. The van der Waals surface area contributed by atoms with Crippen molar-refractivity contribution < 1.29 is 4.79 Å². The van der Waals surface area contributed by atoms with Crippen molar-refractivity contribution in [2.45, 2.75) is 25.7 Å². The van der Waals surface area contributed by atoms with E-state index in [9.17, 15) is 4.79 Å². The Bertz CT molecular complexity index is 416. The van der Waals surface area contributed by atoms with Crippen LogP contribution in [0.3, 0.4) is 0 Å². The lowest BCUT2D eigenvalue weighted by molar-refractivity contribution is 0.0951. The minimum Gasteiger partial charge on any atom is -0.352 e. The second kappa shape index (κ2) is 7.51. The molecular weight excluding hydrogens is 260 g/mol. The van der Waals surface area contributed by atoms with E-state index in [1.54, 1.807) is 24.3 Å². The van der Waals surface area contributed by atoms with Crippen molar-refractivity contribution in [3.05, 3.63) is 34.9 Å². The molecule has 1 N–H and O–H groups in total. The summed E-state index contributed by atoms with van der Waals surface area (Å²) in [5.74, 6) is -0.0406. The Morgan fingerprint density at radius 2 is 2.05 bits per heavy atom. The van der Waals surface area contributed by atoms with Gasteiger partial charge in [0.25, 0.3) is 5.91 Å². The third kappa shape index (κ3) is 4.84. The lowest BCUT2D eigenvalue weighted by Crippen LogP contribution is -2.33. The largest absolute Gasteiger partial charge is 0.352 e. The first-order chi connectivity index (χ1) is 9.25. The minimum atomic E-state index is -0.0406. The van der Waals surface area contributed by atoms with Crippen molar-refractivity contribution in [1.29, 1.82) is 0 Å². The molecule has 0 aromatic heterocycles. The van der Waals surface area contributed by atoms with Gasteiger partial charge in [0.15, 0.2) is 0 Å². The van der Waals surface area contributed by atoms with Crippen molar-refractivity contribution in [2.75, 3.05) is 26.2 Å². The lowest BCUT2D eigenvalue weighted by atomic mass is 10.1. The summed E-state index contributed by atoms with van der Waals surface area (Å²) < 4.78 is 0. The van der Waals surface area contributed by atoms with E-state index in [1.165, 1.54) is 32.4 Å². The van der Waals surface area contributed by atoms with Crippen LogP contribution in [0, 0.1) is 0 Å². The molecule has 1 fully saturated rings. The molecule has 0 unspecified atom stereocenters. The number of likely N-dealkylation sites (tertiary alicyclic amines) is 1. The Morgan fingerprint density at radius 3 is 2.79 bits per heavy atom. The van der Waals surface area contributed by atoms with Crippen molar-refractivity contribution >= 4 is 17.5 Å². The van der Waals surface area contributed by atoms with Gasteiger partial charge in [-0.1, -0.05) is 24.1 Å². The van der Waals surface area contributed by atoms with Crippen LogP contribution in [0.2, 0.25) is 5.02 Å². The average molecular weight is 281 g/mol. The number of nitrogens with one attached hydrogen (secondary N) is 1. The number of carbonyl (C=O) groups is 1. The summed E-state index contributed by atoms with van der Waals surface area (Å²) in [7, 11) is 0. The molecule has 1 amide bonds. The van der Waals surface area contributed by atoms with Crippen molar-refractivity contribution in [3.63, 3.8) is 0 Å². The normalized spacial score (nSPS) is 16.3. The number of rotatable bonds is 5. The predicted octanol–water partition coefficient (Wildman–Crippen LogP) is 2.95. The quantitative estimate of drug-likeness (QED) is 0.841. The first-order valence-electron chi connectivity index (χ1n) is 7.02. The van der Waals surface area contributed by atoms with Crippen LogP contribution < -0.4 is 5.32 Å². The summed E-state index contributed by atoms with van der Waals surface area (Å²) in [5, 5.41) is 3.54. The van der Waals surface area contributed by atoms with Gasteiger partial charge in [0.2, 0.25) is 0 Å². The third-order valence-corrected chi connectivity index (χ3v) is 3.71. The molecule has 2 rings (SSSR count). The molecule has 1 saturated heterocycles. The van der Waals surface area contributed by atoms with Gasteiger partial charge in [0, 0.05) is 17.1 Å². The summed E-state index contributed by atoms with van der Waals surface area (Å²) >= 11 is 5.87. The van der Waals surface area contributed by atoms with Crippen molar-refractivity contribution in [3.8, 4) is 0 Å². The summed E-state index contributed by atoms with van der Waals surface area (Å²) in [4.78, 5) is 14.3. The molecular formula is C15H21ClN2O. The summed E-state index contributed by atoms with van der Waals surface area (Å²) in [6, 6.07) is 7.05. The Balaban J connectivity index is 1.66. The van der Waals surface area contributed by atoms with E-state index in [2.05, 4.69) is 10.2 Å². The summed E-state index contributed by atoms with van der Waals surface area (Å²) in [6.07, 6.45) is 5.00. The van der Waals surface area contributed by atoms with E-state index in [0.29, 0.717) is 10.6 Å². The predicted molar refractivity (Wildman–Crippen MR) is 78.7 cm³/mol. The zero-order chi connectivity index (χ0) is 13.5. The number of halogens is 1. The van der Waals surface area contributed by atoms with Gasteiger partial charge in [-0.05, 0) is 57.1 Å². The zero-order valence-corrected chi connectivity index (χ0v) is 12.0. The molecule has 0 aliphatic carbocycles. The Kier molecular flexibility index (Phi) is 5.67. The first-order valence-corrected chi connectivity index (χ1v) is 7.39. The molecule has 0 bridgehead atoms. The standard InChI is InChI=1S/C15H21ClN2O/c16-14-7-4-6-13(12-14)15(19)17-8-5-11-18-9-2-1-3-10-18/h4,6-7,12H,1-3,5,8-11H2,(H,17,19). The highest BCUT2D eigenvalue weighted by Crippen LogP contribution is 2.10. The molecule has 0 saturated carbocycles. The van der Waals surface area contributed by atoms with Crippen LogP contribution in [-0.2, 0) is 0 Å². The molecule has 0 radical (unpaired) electrons. The highest BCUT2D eigenvalue weighted by molar-refractivity contribution is 6.30. The van der Waals surface area contributed by atoms with Crippen LogP contribution in [-0.4, -0.2) is 37.0 Å². The van der Waals surface area contributed by atoms with E-state index >= 15 is 0 Å². The Morgan fingerprint density at radius 1 is 1.26 bits per heavy atom. The van der Waals surface area contributed by atoms with Gasteiger partial charge in [-0.15, -0.1) is 0 Å². The van der Waals surface area contributed by atoms with Gasteiger partial charge >= 0.3 is 0 Å². The van der Waals surface area contributed by atoms with Crippen molar-refractivity contribution in [2.24, 2.45) is 0 Å². The van der Waals surface area contributed by atoms with Crippen molar-refractivity contribution in [1.82, 2.24) is 10.2 Å². The number of piperidine rings is 1. The number of hydrogen-bond acceptors (Lipinski definition) is 2. The van der Waals surface area contributed by atoms with Gasteiger partial charge < -0.3 is 10.2 Å². The SMILES string of the molecule is O=C(NCCCN1CCCCC1)c1cccc(Cl)c1. The third-order valence-electron chi connectivity index (χ3n) is 3.47. The van der Waals surface area contributed by atoms with Gasteiger partial charge in [-0.25, -0.2) is 0 Å². The van der Waals surface area contributed by atoms with Gasteiger partial charge in [-0.2, -0.15) is 0 Å². The van der Waals surface area contributed by atoms with Crippen LogP contribution in [0.1, 0.15) is 36.0 Å². The molecule has 0 atom stereocenters. The van der Waals surface area contributed by atoms with Crippen LogP contribution in [0.25, 0.3) is 0 Å². The number of amides is 1. The van der Waals surface area contributed by atoms with E-state index in [4.69, 9.17) is 11.6 Å². The molecule has 1 heterocycles. The topological polar surface area (TPSA) is 32.3 Å². The Labute approximate surface area is 119 Å². The highest BCUT2D eigenvalue weighted by Gasteiger charge is 2.09. The van der Waals surface area contributed by atoms with E-state index in [1.807, 2.05) is 0 Å². The molecule has 4 heteroatoms. The molecule has 19 heavy (non-hydrogen) atoms. The molecule has 1 aliphatic rings. The maximum Gasteiger partial charge on any atom is 0.251 e. The van der Waals surface area contributed by atoms with Crippen LogP contribution in [0.4, 0.5) is 0 Å². The van der Waals surface area contributed by atoms with Crippen LogP contribution in [0.15, 0.2) is 24.3 Å². The maximum atomic E-state index is 11.9. The summed E-state index contributed by atoms with van der Waals surface area (Å²) in [6.45, 7) is 4.22. The maximum absolute atomic E-state index is 11.9. The second-order valence-corrected chi connectivity index (χ2v) is 5.46. The number of hydrogen-bond donors (Lipinski definition) is 1. The molecule has 104 valence electrons. The molecule has 1 aliphatic heterocycles. The lowest BCUT2D eigenvalue weighted by Gasteiger charge is -2.26. The number of carbonyl (C=O) groups excluding carboxylic acids is 1. The first kappa shape index (κ1) is 14.4. The number of benzene rings is 1. The minimum absolute atomic E-state index is 0.0406. The van der Waals surface area contributed by atoms with Gasteiger partial charge in [-0.3, -0.25) is 4.79 Å². The van der Waals surface area contributed by atoms with Crippen LogP contribution >= 0.6 is 11.6 Å². The van der Waals surface area contributed by atoms with Gasteiger partial charge in [0.1, 0.15) is 0 Å². The fourth-order valence-corrected chi connectivity index (χ4v) is 2.61. The molecule has 1 aromatic rings. The molecule has 1 aromatic carbocycles. The molecule has 0 spiro atoms. The Hall–Kier alpha value is -1.06. The highest BCUT2D eigenvalue weighted by atomic mass is 35.5. The monoisotopic (exact) mass is 280 g/mol. The van der Waals surface area contributed by atoms with Crippen LogP contribution in [0.5, 0.6) is 0 Å². The fourth-order valence-electron chi connectivity index (χ4n) is 2.42. The average Bonchev–Trinajstić information content (AvgIpc) is 2.44. The van der Waals surface area contributed by atoms with E-state index in [-0.39, 0.29) is 5.91 Å². The zero-order valence-electron chi connectivity index (χ0n) is 11.2. The second-order valence-electron chi connectivity index (χ2n) is 5.02. The van der Waals surface area contributed by atoms with E-state index in [0.717, 1.165) is 19.5 Å². The number of nitrogens with zero attached hydrogens (tertiary/aromatic N) is 1. The fraction of sp³-hybridized carbons (Fsp3) is 0.533. The summed E-state index contributed by atoms with van der Waals surface area (Å²) in [5.41, 5.74) is 0.630.